The maximum absolute atomic E-state index is 11.2. The molecule has 2 aromatic heterocycles. The Balaban J connectivity index is 2.58. The highest BCUT2D eigenvalue weighted by Crippen LogP contribution is 2.35. The zero-order valence-corrected chi connectivity index (χ0v) is 15.4. The van der Waals surface area contributed by atoms with Crippen molar-refractivity contribution in [1.82, 2.24) is 14.7 Å². The van der Waals surface area contributed by atoms with E-state index in [-0.39, 0.29) is 23.8 Å². The minimum absolute atomic E-state index is 0.101. The summed E-state index contributed by atoms with van der Waals surface area (Å²) in [5.41, 5.74) is 0.946. The summed E-state index contributed by atoms with van der Waals surface area (Å²) in [4.78, 5) is 8.49. The number of halogens is 1. The highest BCUT2D eigenvalue weighted by atomic mass is 35.5. The van der Waals surface area contributed by atoms with Crippen molar-refractivity contribution in [3.8, 4) is 5.88 Å². The van der Waals surface area contributed by atoms with Crippen LogP contribution in [0.1, 0.15) is 38.8 Å². The summed E-state index contributed by atoms with van der Waals surface area (Å²) >= 11 is 5.97. The quantitative estimate of drug-likeness (QED) is 0.589. The van der Waals surface area contributed by atoms with E-state index in [1.165, 1.54) is 0 Å². The van der Waals surface area contributed by atoms with E-state index < -0.39 is 0 Å². The first-order valence-corrected chi connectivity index (χ1v) is 8.73. The van der Waals surface area contributed by atoms with Crippen LogP contribution in [-0.4, -0.2) is 21.3 Å². The van der Waals surface area contributed by atoms with E-state index in [0.717, 1.165) is 22.8 Å². The second-order valence-corrected chi connectivity index (χ2v) is 6.91. The fourth-order valence-electron chi connectivity index (χ4n) is 2.96. The molecule has 126 valence electrons. The predicted molar refractivity (Wildman–Crippen MR) is 95.1 cm³/mol. The van der Waals surface area contributed by atoms with Gasteiger partial charge in [0.1, 0.15) is 5.15 Å². The van der Waals surface area contributed by atoms with Crippen molar-refractivity contribution in [2.45, 2.75) is 33.2 Å². The molecule has 5 nitrogen and oxygen atoms in total. The van der Waals surface area contributed by atoms with Gasteiger partial charge in [0.25, 0.3) is 0 Å². The van der Waals surface area contributed by atoms with Crippen molar-refractivity contribution in [3.63, 3.8) is 0 Å². The number of nitrogens with zero attached hydrogens (tertiary/aromatic N) is 2. The van der Waals surface area contributed by atoms with Gasteiger partial charge in [0.15, 0.2) is 0 Å². The van der Waals surface area contributed by atoms with Gasteiger partial charge in [-0.05, 0) is 35.3 Å². The molecular formula is C16H22ClN3O2S. The number of aromatic nitrogens is 2. The van der Waals surface area contributed by atoms with Gasteiger partial charge in [-0.1, -0.05) is 32.4 Å². The van der Waals surface area contributed by atoms with Crippen molar-refractivity contribution in [2.24, 2.45) is 11.8 Å². The number of pyridine rings is 2. The topological polar surface area (TPSA) is 64.1 Å². The monoisotopic (exact) mass is 355 g/mol. The summed E-state index contributed by atoms with van der Waals surface area (Å²) in [5.74, 6) is 1.32. The van der Waals surface area contributed by atoms with Crippen LogP contribution in [0, 0.1) is 11.8 Å². The first-order chi connectivity index (χ1) is 11.0. The number of hydrogen-bond donors (Lipinski definition) is 2. The molecule has 0 bridgehead atoms. The van der Waals surface area contributed by atoms with Crippen LogP contribution >= 0.6 is 11.6 Å². The maximum atomic E-state index is 11.2. The first kappa shape index (κ1) is 18.1. The van der Waals surface area contributed by atoms with E-state index >= 15 is 0 Å². The molecule has 2 rings (SSSR count). The molecule has 0 saturated carbocycles. The van der Waals surface area contributed by atoms with E-state index in [4.69, 9.17) is 16.3 Å². The summed E-state index contributed by atoms with van der Waals surface area (Å²) < 4.78 is 19.5. The molecule has 0 aliphatic rings. The number of ether oxygens (including phenoxy) is 1. The highest BCUT2D eigenvalue weighted by Gasteiger charge is 2.23. The fraction of sp³-hybridized carbons (Fsp3) is 0.500. The fourth-order valence-corrected chi connectivity index (χ4v) is 3.62. The third-order valence-electron chi connectivity index (χ3n) is 3.87. The predicted octanol–water partition coefficient (Wildman–Crippen LogP) is 3.47. The van der Waals surface area contributed by atoms with Gasteiger partial charge in [-0.15, -0.1) is 0 Å². The Hall–Kier alpha value is -1.24. The Labute approximate surface area is 145 Å². The second kappa shape index (κ2) is 8.04. The standard InChI is InChI=1S/C16H22ClN3O2S/c1-9(2)5-10(3)15(20-23-21)12-7-19-16(22-4)13-8-18-14(17)6-11(12)13/h6-10,15,23H,5H2,1-4H3,(H,20,21)/t10?,15-/m0/s1. The molecule has 0 fully saturated rings. The van der Waals surface area contributed by atoms with Gasteiger partial charge in [-0.2, -0.15) is 0 Å². The molecule has 7 heteroatoms. The number of thiol groups is 1. The normalized spacial score (nSPS) is 14.2. The minimum Gasteiger partial charge on any atom is -0.481 e. The van der Waals surface area contributed by atoms with Gasteiger partial charge in [0, 0.05) is 18.4 Å². The Morgan fingerprint density at radius 3 is 2.61 bits per heavy atom. The maximum Gasteiger partial charge on any atom is 0.222 e. The van der Waals surface area contributed by atoms with Crippen LogP contribution in [-0.2, 0) is 11.9 Å². The van der Waals surface area contributed by atoms with Gasteiger partial charge in [0.2, 0.25) is 5.88 Å². The van der Waals surface area contributed by atoms with Gasteiger partial charge in [-0.25, -0.2) is 18.9 Å². The van der Waals surface area contributed by atoms with Crippen LogP contribution in [0.15, 0.2) is 18.5 Å². The van der Waals surface area contributed by atoms with Crippen LogP contribution < -0.4 is 9.46 Å². The minimum atomic E-state index is -0.107. The molecule has 0 aromatic carbocycles. The Morgan fingerprint density at radius 2 is 2.00 bits per heavy atom. The summed E-state index contributed by atoms with van der Waals surface area (Å²) in [5, 5.41) is 2.11. The van der Waals surface area contributed by atoms with E-state index in [0.29, 0.717) is 17.0 Å². The Morgan fingerprint density at radius 1 is 1.26 bits per heavy atom. The van der Waals surface area contributed by atoms with Crippen LogP contribution in [0.3, 0.4) is 0 Å². The molecule has 0 spiro atoms. The molecule has 0 amide bonds. The van der Waals surface area contributed by atoms with Crippen LogP contribution in [0.5, 0.6) is 5.88 Å². The molecule has 2 aromatic rings. The lowest BCUT2D eigenvalue weighted by molar-refractivity contribution is 0.363. The summed E-state index contributed by atoms with van der Waals surface area (Å²) in [6.45, 7) is 6.49. The van der Waals surface area contributed by atoms with Gasteiger partial charge >= 0.3 is 0 Å². The number of fused-ring (bicyclic) bond motifs is 1. The van der Waals surface area contributed by atoms with Crippen LogP contribution in [0.25, 0.3) is 10.8 Å². The molecule has 1 N–H and O–H groups in total. The number of hydrogen-bond acceptors (Lipinski definition) is 4. The van der Waals surface area contributed by atoms with Crippen molar-refractivity contribution in [3.05, 3.63) is 29.2 Å². The van der Waals surface area contributed by atoms with Crippen LogP contribution in [0.2, 0.25) is 5.15 Å². The van der Waals surface area contributed by atoms with Crippen molar-refractivity contribution >= 4 is 34.2 Å². The third kappa shape index (κ3) is 4.19. The first-order valence-electron chi connectivity index (χ1n) is 7.54. The lowest BCUT2D eigenvalue weighted by atomic mass is 9.87. The SMILES string of the molecule is COc1ncc([C@@H](N[SH]=O)C(C)CC(C)C)c2cc(Cl)ncc12. The van der Waals surface area contributed by atoms with Crippen LogP contribution in [0.4, 0.5) is 0 Å². The Bertz CT molecular complexity index is 696. The molecule has 0 saturated heterocycles. The molecule has 2 heterocycles. The zero-order valence-electron chi connectivity index (χ0n) is 13.7. The lowest BCUT2D eigenvalue weighted by Crippen LogP contribution is -2.25. The second-order valence-electron chi connectivity index (χ2n) is 6.08. The summed E-state index contributed by atoms with van der Waals surface area (Å²) in [7, 11) is 1.57. The molecule has 2 atom stereocenters. The molecule has 23 heavy (non-hydrogen) atoms. The van der Waals surface area contributed by atoms with E-state index in [1.807, 2.05) is 0 Å². The van der Waals surface area contributed by atoms with Gasteiger partial charge in [0.05, 0.1) is 24.3 Å². The van der Waals surface area contributed by atoms with Crippen molar-refractivity contribution in [1.29, 1.82) is 0 Å². The molecular weight excluding hydrogens is 334 g/mol. The molecule has 0 aliphatic heterocycles. The lowest BCUT2D eigenvalue weighted by Gasteiger charge is -2.26. The van der Waals surface area contributed by atoms with Gasteiger partial charge < -0.3 is 4.74 Å². The third-order valence-corrected chi connectivity index (χ3v) is 4.46. The number of methoxy groups -OCH3 is 1. The molecule has 0 aliphatic carbocycles. The van der Waals surface area contributed by atoms with E-state index in [9.17, 15) is 4.21 Å². The summed E-state index contributed by atoms with van der Waals surface area (Å²) in [6.07, 6.45) is 4.42. The van der Waals surface area contributed by atoms with Gasteiger partial charge in [-0.3, -0.25) is 0 Å². The van der Waals surface area contributed by atoms with E-state index in [2.05, 4.69) is 35.5 Å². The van der Waals surface area contributed by atoms with E-state index in [1.54, 1.807) is 25.6 Å². The molecule has 0 radical (unpaired) electrons. The highest BCUT2D eigenvalue weighted by molar-refractivity contribution is 7.63. The number of rotatable bonds is 7. The smallest absolute Gasteiger partial charge is 0.222 e. The largest absolute Gasteiger partial charge is 0.481 e. The zero-order chi connectivity index (χ0) is 17.0. The average Bonchev–Trinajstić information content (AvgIpc) is 2.51. The average molecular weight is 356 g/mol. The molecule has 1 unspecified atom stereocenters. The van der Waals surface area contributed by atoms with Crippen molar-refractivity contribution in [2.75, 3.05) is 7.11 Å². The summed E-state index contributed by atoms with van der Waals surface area (Å²) in [6, 6.07) is 1.70. The number of nitrogens with one attached hydrogen (secondary N) is 1. The van der Waals surface area contributed by atoms with Crippen molar-refractivity contribution < 1.29 is 8.95 Å². The Kier molecular flexibility index (Phi) is 6.33.